The minimum Gasteiger partial charge on any atom is -0.326 e. The molecule has 1 rings (SSSR count). The normalized spacial score (nSPS) is 12.1. The highest BCUT2D eigenvalue weighted by atomic mass is 35.5. The molecule has 3 N–H and O–H groups in total. The van der Waals surface area contributed by atoms with Gasteiger partial charge in [-0.1, -0.05) is 31.5 Å². The highest BCUT2D eigenvalue weighted by molar-refractivity contribution is 7.89. The van der Waals surface area contributed by atoms with Crippen LogP contribution in [0, 0.1) is 0 Å². The van der Waals surface area contributed by atoms with E-state index < -0.39 is 10.0 Å². The third kappa shape index (κ3) is 3.68. The van der Waals surface area contributed by atoms with Crippen LogP contribution in [0.3, 0.4) is 0 Å². The monoisotopic (exact) mass is 290 g/mol. The minimum atomic E-state index is -3.58. The maximum atomic E-state index is 12.2. The summed E-state index contributed by atoms with van der Waals surface area (Å²) >= 11 is 5.95. The first kappa shape index (κ1) is 15.4. The SMILES string of the molecule is CCC(CC)NS(=O)(=O)c1cc(CN)ccc1Cl. The van der Waals surface area contributed by atoms with E-state index in [2.05, 4.69) is 4.72 Å². The molecule has 0 aliphatic heterocycles. The van der Waals surface area contributed by atoms with Gasteiger partial charge in [-0.3, -0.25) is 0 Å². The third-order valence-electron chi connectivity index (χ3n) is 2.83. The summed E-state index contributed by atoms with van der Waals surface area (Å²) in [6.07, 6.45) is 1.48. The van der Waals surface area contributed by atoms with Crippen molar-refractivity contribution in [2.75, 3.05) is 0 Å². The molecule has 6 heteroatoms. The topological polar surface area (TPSA) is 72.2 Å². The van der Waals surface area contributed by atoms with E-state index in [0.29, 0.717) is 0 Å². The molecule has 0 saturated carbocycles. The molecule has 4 nitrogen and oxygen atoms in total. The second-order valence-electron chi connectivity index (χ2n) is 4.10. The fourth-order valence-electron chi connectivity index (χ4n) is 1.62. The molecule has 0 aliphatic carbocycles. The lowest BCUT2D eigenvalue weighted by Crippen LogP contribution is -2.34. The van der Waals surface area contributed by atoms with E-state index in [-0.39, 0.29) is 22.5 Å². The number of hydrogen-bond acceptors (Lipinski definition) is 3. The zero-order valence-corrected chi connectivity index (χ0v) is 12.2. The summed E-state index contributed by atoms with van der Waals surface area (Å²) in [5, 5.41) is 0.214. The fourth-order valence-corrected chi connectivity index (χ4v) is 3.57. The number of sulfonamides is 1. The van der Waals surface area contributed by atoms with E-state index >= 15 is 0 Å². The Morgan fingerprint density at radius 2 is 1.94 bits per heavy atom. The zero-order chi connectivity index (χ0) is 13.8. The number of nitrogens with one attached hydrogen (secondary N) is 1. The van der Waals surface area contributed by atoms with Gasteiger partial charge >= 0.3 is 0 Å². The molecular formula is C12H19ClN2O2S. The van der Waals surface area contributed by atoms with Gasteiger partial charge in [0.05, 0.1) is 5.02 Å². The largest absolute Gasteiger partial charge is 0.326 e. The van der Waals surface area contributed by atoms with Gasteiger partial charge in [-0.2, -0.15) is 0 Å². The van der Waals surface area contributed by atoms with Gasteiger partial charge in [-0.15, -0.1) is 0 Å². The van der Waals surface area contributed by atoms with Crippen LogP contribution in [0.5, 0.6) is 0 Å². The van der Waals surface area contributed by atoms with Crippen LogP contribution in [0.2, 0.25) is 5.02 Å². The fraction of sp³-hybridized carbons (Fsp3) is 0.500. The number of nitrogens with two attached hydrogens (primary N) is 1. The summed E-state index contributed by atoms with van der Waals surface area (Å²) in [5.74, 6) is 0. The summed E-state index contributed by atoms with van der Waals surface area (Å²) < 4.78 is 27.1. The molecule has 0 heterocycles. The zero-order valence-electron chi connectivity index (χ0n) is 10.6. The van der Waals surface area contributed by atoms with E-state index in [1.54, 1.807) is 12.1 Å². The Balaban J connectivity index is 3.11. The lowest BCUT2D eigenvalue weighted by Gasteiger charge is -2.16. The van der Waals surface area contributed by atoms with Crippen LogP contribution >= 0.6 is 11.6 Å². The molecule has 1 aromatic rings. The second-order valence-corrected chi connectivity index (χ2v) is 6.19. The van der Waals surface area contributed by atoms with Crippen molar-refractivity contribution < 1.29 is 8.42 Å². The van der Waals surface area contributed by atoms with E-state index in [1.165, 1.54) is 6.07 Å². The van der Waals surface area contributed by atoms with Gasteiger partial charge in [0.25, 0.3) is 0 Å². The van der Waals surface area contributed by atoms with E-state index in [4.69, 9.17) is 17.3 Å². The second kappa shape index (κ2) is 6.52. The van der Waals surface area contributed by atoms with Crippen molar-refractivity contribution in [3.8, 4) is 0 Å². The van der Waals surface area contributed by atoms with Crippen LogP contribution in [0.15, 0.2) is 23.1 Å². The first-order chi connectivity index (χ1) is 8.44. The minimum absolute atomic E-state index is 0.0763. The van der Waals surface area contributed by atoms with Crippen LogP contribution in [0.1, 0.15) is 32.3 Å². The van der Waals surface area contributed by atoms with Crippen molar-refractivity contribution >= 4 is 21.6 Å². The molecule has 0 unspecified atom stereocenters. The van der Waals surface area contributed by atoms with Gasteiger partial charge in [0, 0.05) is 12.6 Å². The van der Waals surface area contributed by atoms with Gasteiger partial charge in [0.2, 0.25) is 10.0 Å². The smallest absolute Gasteiger partial charge is 0.242 e. The van der Waals surface area contributed by atoms with Crippen LogP contribution < -0.4 is 10.5 Å². The summed E-state index contributed by atoms with van der Waals surface area (Å²) in [6.45, 7) is 4.16. The molecule has 0 atom stereocenters. The number of halogens is 1. The predicted molar refractivity (Wildman–Crippen MR) is 74.0 cm³/mol. The standard InChI is InChI=1S/C12H19ClN2O2S/c1-3-10(4-2)15-18(16,17)12-7-9(8-14)5-6-11(12)13/h5-7,10,15H,3-4,8,14H2,1-2H3. The van der Waals surface area contributed by atoms with Crippen LogP contribution in [-0.2, 0) is 16.6 Å². The van der Waals surface area contributed by atoms with Crippen molar-refractivity contribution in [3.05, 3.63) is 28.8 Å². The molecule has 0 amide bonds. The average molecular weight is 291 g/mol. The highest BCUT2D eigenvalue weighted by Gasteiger charge is 2.21. The third-order valence-corrected chi connectivity index (χ3v) is 4.83. The molecule has 0 saturated heterocycles. The number of hydrogen-bond donors (Lipinski definition) is 2. The Morgan fingerprint density at radius 1 is 1.33 bits per heavy atom. The Morgan fingerprint density at radius 3 is 2.44 bits per heavy atom. The molecule has 0 radical (unpaired) electrons. The molecule has 0 aromatic heterocycles. The number of benzene rings is 1. The quantitative estimate of drug-likeness (QED) is 0.844. The van der Waals surface area contributed by atoms with E-state index in [9.17, 15) is 8.42 Å². The maximum absolute atomic E-state index is 12.2. The Bertz CT molecular complexity index is 499. The first-order valence-corrected chi connectivity index (χ1v) is 7.81. The molecule has 102 valence electrons. The van der Waals surface area contributed by atoms with E-state index in [1.807, 2.05) is 13.8 Å². The molecule has 0 spiro atoms. The van der Waals surface area contributed by atoms with Crippen molar-refractivity contribution in [3.63, 3.8) is 0 Å². The lowest BCUT2D eigenvalue weighted by molar-refractivity contribution is 0.530. The summed E-state index contributed by atoms with van der Waals surface area (Å²) in [7, 11) is -3.58. The first-order valence-electron chi connectivity index (χ1n) is 5.95. The average Bonchev–Trinajstić information content (AvgIpc) is 2.36. The van der Waals surface area contributed by atoms with Crippen LogP contribution in [0.25, 0.3) is 0 Å². The van der Waals surface area contributed by atoms with Crippen molar-refractivity contribution in [1.82, 2.24) is 4.72 Å². The predicted octanol–water partition coefficient (Wildman–Crippen LogP) is 2.27. The maximum Gasteiger partial charge on any atom is 0.242 e. The lowest BCUT2D eigenvalue weighted by atomic mass is 10.2. The van der Waals surface area contributed by atoms with E-state index in [0.717, 1.165) is 18.4 Å². The molecular weight excluding hydrogens is 272 g/mol. The van der Waals surface area contributed by atoms with Crippen molar-refractivity contribution in [2.24, 2.45) is 5.73 Å². The Labute approximate surface area is 114 Å². The number of rotatable bonds is 6. The van der Waals surface area contributed by atoms with Gasteiger partial charge < -0.3 is 5.73 Å². The van der Waals surface area contributed by atoms with Crippen molar-refractivity contribution in [1.29, 1.82) is 0 Å². The summed E-state index contributed by atoms with van der Waals surface area (Å²) in [6, 6.07) is 4.73. The highest BCUT2D eigenvalue weighted by Crippen LogP contribution is 2.23. The van der Waals surface area contributed by atoms with Gasteiger partial charge in [-0.05, 0) is 30.5 Å². The molecule has 1 aromatic carbocycles. The summed E-state index contributed by atoms with van der Waals surface area (Å²) in [4.78, 5) is 0.0963. The molecule has 0 aliphatic rings. The molecule has 0 fully saturated rings. The van der Waals surface area contributed by atoms with Gasteiger partial charge in [0.15, 0.2) is 0 Å². The van der Waals surface area contributed by atoms with Gasteiger partial charge in [0.1, 0.15) is 4.90 Å². The van der Waals surface area contributed by atoms with Crippen molar-refractivity contribution in [2.45, 2.75) is 44.2 Å². The molecule has 18 heavy (non-hydrogen) atoms. The molecule has 0 bridgehead atoms. The Hall–Kier alpha value is -0.620. The summed E-state index contributed by atoms with van der Waals surface area (Å²) in [5.41, 5.74) is 6.25. The van der Waals surface area contributed by atoms with Crippen LogP contribution in [-0.4, -0.2) is 14.5 Å². The van der Waals surface area contributed by atoms with Gasteiger partial charge in [-0.25, -0.2) is 13.1 Å². The Kier molecular flexibility index (Phi) is 5.59. The van der Waals surface area contributed by atoms with Crippen LogP contribution in [0.4, 0.5) is 0 Å².